The van der Waals surface area contributed by atoms with E-state index in [-0.39, 0.29) is 5.78 Å². The highest BCUT2D eigenvalue weighted by molar-refractivity contribution is 9.10. The lowest BCUT2D eigenvalue weighted by Gasteiger charge is -2.13. The van der Waals surface area contributed by atoms with Crippen LogP contribution < -0.4 is 9.47 Å². The van der Waals surface area contributed by atoms with Crippen molar-refractivity contribution in [3.63, 3.8) is 0 Å². The molecule has 0 spiro atoms. The van der Waals surface area contributed by atoms with Gasteiger partial charge < -0.3 is 9.47 Å². The average molecular weight is 333 g/mol. The SMILES string of the molecule is COc1ccc(Br)cc1C(=O)C1Cc2ccccc2O1. The van der Waals surface area contributed by atoms with Crippen molar-refractivity contribution in [2.24, 2.45) is 0 Å². The second-order valence-corrected chi connectivity index (χ2v) is 5.54. The zero-order valence-corrected chi connectivity index (χ0v) is 12.5. The second-order valence-electron chi connectivity index (χ2n) is 4.63. The first-order valence-corrected chi connectivity index (χ1v) is 7.10. The van der Waals surface area contributed by atoms with E-state index in [1.807, 2.05) is 30.3 Å². The quantitative estimate of drug-likeness (QED) is 0.805. The molecule has 1 aliphatic heterocycles. The normalized spacial score (nSPS) is 16.4. The predicted molar refractivity (Wildman–Crippen MR) is 79.6 cm³/mol. The number of hydrogen-bond donors (Lipinski definition) is 0. The maximum absolute atomic E-state index is 12.6. The molecule has 4 heteroatoms. The number of ketones is 1. The minimum absolute atomic E-state index is 0.0562. The average Bonchev–Trinajstić information content (AvgIpc) is 2.90. The molecule has 0 N–H and O–H groups in total. The van der Waals surface area contributed by atoms with Gasteiger partial charge in [0, 0.05) is 10.9 Å². The third-order valence-electron chi connectivity index (χ3n) is 3.37. The topological polar surface area (TPSA) is 35.5 Å². The van der Waals surface area contributed by atoms with Crippen LogP contribution in [0.2, 0.25) is 0 Å². The molecular formula is C16H13BrO3. The number of ether oxygens (including phenoxy) is 2. The molecule has 3 nitrogen and oxygen atoms in total. The monoisotopic (exact) mass is 332 g/mol. The van der Waals surface area contributed by atoms with E-state index in [0.29, 0.717) is 17.7 Å². The molecule has 1 atom stereocenters. The van der Waals surface area contributed by atoms with Crippen LogP contribution in [0.3, 0.4) is 0 Å². The Morgan fingerprint density at radius 2 is 2.10 bits per heavy atom. The summed E-state index contributed by atoms with van der Waals surface area (Å²) in [5.41, 5.74) is 1.61. The largest absolute Gasteiger partial charge is 0.496 e. The fraction of sp³-hybridized carbons (Fsp3) is 0.188. The molecule has 2 aromatic carbocycles. The predicted octanol–water partition coefficient (Wildman–Crippen LogP) is 3.64. The van der Waals surface area contributed by atoms with Crippen molar-refractivity contribution < 1.29 is 14.3 Å². The van der Waals surface area contributed by atoms with Gasteiger partial charge in [0.1, 0.15) is 11.5 Å². The van der Waals surface area contributed by atoms with Crippen LogP contribution in [0.5, 0.6) is 11.5 Å². The van der Waals surface area contributed by atoms with Gasteiger partial charge in [0.05, 0.1) is 12.7 Å². The number of carbonyl (C=O) groups is 1. The number of carbonyl (C=O) groups excluding carboxylic acids is 1. The molecule has 1 unspecified atom stereocenters. The van der Waals surface area contributed by atoms with Gasteiger partial charge in [0.15, 0.2) is 6.10 Å². The molecule has 2 aromatic rings. The molecule has 0 aromatic heterocycles. The van der Waals surface area contributed by atoms with Gasteiger partial charge in [-0.1, -0.05) is 34.1 Å². The van der Waals surface area contributed by atoms with Crippen LogP contribution >= 0.6 is 15.9 Å². The highest BCUT2D eigenvalue weighted by Gasteiger charge is 2.31. The third-order valence-corrected chi connectivity index (χ3v) is 3.86. The fourth-order valence-electron chi connectivity index (χ4n) is 2.37. The molecule has 0 fully saturated rings. The first-order chi connectivity index (χ1) is 9.69. The van der Waals surface area contributed by atoms with E-state index in [4.69, 9.17) is 9.47 Å². The standard InChI is InChI=1S/C16H13BrO3/c1-19-14-7-6-11(17)9-12(14)16(18)15-8-10-4-2-3-5-13(10)20-15/h2-7,9,15H,8H2,1H3. The maximum Gasteiger partial charge on any atom is 0.207 e. The van der Waals surface area contributed by atoms with E-state index in [0.717, 1.165) is 15.8 Å². The first kappa shape index (κ1) is 13.2. The van der Waals surface area contributed by atoms with Gasteiger partial charge in [-0.3, -0.25) is 4.79 Å². The molecule has 0 saturated carbocycles. The Morgan fingerprint density at radius 3 is 2.85 bits per heavy atom. The Balaban J connectivity index is 1.90. The Kier molecular flexibility index (Phi) is 3.49. The summed E-state index contributed by atoms with van der Waals surface area (Å²) in [6.45, 7) is 0. The van der Waals surface area contributed by atoms with E-state index in [1.165, 1.54) is 0 Å². The molecule has 0 saturated heterocycles. The molecule has 3 rings (SSSR count). The first-order valence-electron chi connectivity index (χ1n) is 6.31. The van der Waals surface area contributed by atoms with Crippen LogP contribution in [0.1, 0.15) is 15.9 Å². The zero-order valence-electron chi connectivity index (χ0n) is 10.9. The number of fused-ring (bicyclic) bond motifs is 1. The molecule has 102 valence electrons. The van der Waals surface area contributed by atoms with Crippen LogP contribution in [0.25, 0.3) is 0 Å². The highest BCUT2D eigenvalue weighted by Crippen LogP contribution is 2.32. The Labute approximate surface area is 125 Å². The Hall–Kier alpha value is -1.81. The molecule has 0 radical (unpaired) electrons. The number of rotatable bonds is 3. The number of hydrogen-bond acceptors (Lipinski definition) is 3. The summed E-state index contributed by atoms with van der Waals surface area (Å²) in [4.78, 5) is 12.6. The summed E-state index contributed by atoms with van der Waals surface area (Å²) in [7, 11) is 1.56. The van der Waals surface area contributed by atoms with E-state index in [1.54, 1.807) is 19.2 Å². The maximum atomic E-state index is 12.6. The lowest BCUT2D eigenvalue weighted by molar-refractivity contribution is 0.0821. The molecule has 0 amide bonds. The fourth-order valence-corrected chi connectivity index (χ4v) is 2.74. The van der Waals surface area contributed by atoms with Gasteiger partial charge in [-0.2, -0.15) is 0 Å². The summed E-state index contributed by atoms with van der Waals surface area (Å²) in [6.07, 6.45) is 0.126. The molecule has 0 bridgehead atoms. The van der Waals surface area contributed by atoms with Crippen LogP contribution in [-0.4, -0.2) is 19.0 Å². The number of methoxy groups -OCH3 is 1. The number of Topliss-reactive ketones (excluding diaryl/α,β-unsaturated/α-hetero) is 1. The lowest BCUT2D eigenvalue weighted by Crippen LogP contribution is -2.25. The van der Waals surface area contributed by atoms with E-state index >= 15 is 0 Å². The highest BCUT2D eigenvalue weighted by atomic mass is 79.9. The minimum Gasteiger partial charge on any atom is -0.496 e. The van der Waals surface area contributed by atoms with Gasteiger partial charge in [0.25, 0.3) is 0 Å². The van der Waals surface area contributed by atoms with Crippen LogP contribution in [0.4, 0.5) is 0 Å². The van der Waals surface area contributed by atoms with Crippen molar-refractivity contribution in [3.05, 3.63) is 58.1 Å². The van der Waals surface area contributed by atoms with Crippen molar-refractivity contribution in [2.45, 2.75) is 12.5 Å². The summed E-state index contributed by atoms with van der Waals surface area (Å²) in [5.74, 6) is 1.30. The van der Waals surface area contributed by atoms with Crippen molar-refractivity contribution in [1.82, 2.24) is 0 Å². The Morgan fingerprint density at radius 1 is 1.30 bits per heavy atom. The van der Waals surface area contributed by atoms with Crippen LogP contribution in [0, 0.1) is 0 Å². The summed E-state index contributed by atoms with van der Waals surface area (Å²) >= 11 is 3.38. The van der Waals surface area contributed by atoms with Crippen molar-refractivity contribution >= 4 is 21.7 Å². The summed E-state index contributed by atoms with van der Waals surface area (Å²) in [6, 6.07) is 13.1. The van der Waals surface area contributed by atoms with E-state index < -0.39 is 6.10 Å². The smallest absolute Gasteiger partial charge is 0.207 e. The van der Waals surface area contributed by atoms with Crippen molar-refractivity contribution in [2.75, 3.05) is 7.11 Å². The Bertz CT molecular complexity index is 642. The van der Waals surface area contributed by atoms with Gasteiger partial charge in [0.2, 0.25) is 5.78 Å². The zero-order chi connectivity index (χ0) is 14.1. The molecule has 1 aliphatic rings. The summed E-state index contributed by atoms with van der Waals surface area (Å²) < 4.78 is 11.8. The third kappa shape index (κ3) is 2.31. The van der Waals surface area contributed by atoms with Gasteiger partial charge in [-0.15, -0.1) is 0 Å². The van der Waals surface area contributed by atoms with Crippen molar-refractivity contribution in [1.29, 1.82) is 0 Å². The van der Waals surface area contributed by atoms with E-state index in [2.05, 4.69) is 15.9 Å². The molecule has 0 aliphatic carbocycles. The number of benzene rings is 2. The number of halogens is 1. The minimum atomic E-state index is -0.476. The van der Waals surface area contributed by atoms with Crippen LogP contribution in [-0.2, 0) is 6.42 Å². The van der Waals surface area contributed by atoms with Crippen molar-refractivity contribution in [3.8, 4) is 11.5 Å². The van der Waals surface area contributed by atoms with E-state index in [9.17, 15) is 4.79 Å². The summed E-state index contributed by atoms with van der Waals surface area (Å²) in [5, 5.41) is 0. The second kappa shape index (κ2) is 5.29. The van der Waals surface area contributed by atoms with Gasteiger partial charge in [-0.25, -0.2) is 0 Å². The lowest BCUT2D eigenvalue weighted by atomic mass is 10.0. The molecule has 1 heterocycles. The molecular weight excluding hydrogens is 320 g/mol. The number of para-hydroxylation sites is 1. The van der Waals surface area contributed by atoms with Crippen LogP contribution in [0.15, 0.2) is 46.9 Å². The van der Waals surface area contributed by atoms with Gasteiger partial charge >= 0.3 is 0 Å². The van der Waals surface area contributed by atoms with Gasteiger partial charge in [-0.05, 0) is 29.8 Å². The molecule has 20 heavy (non-hydrogen) atoms.